The number of hydrogen-bond acceptors (Lipinski definition) is 2. The molecule has 1 heterocycles. The summed E-state index contributed by atoms with van der Waals surface area (Å²) >= 11 is 0. The number of likely N-dealkylation sites (tertiary alicyclic amines) is 1. The van der Waals surface area contributed by atoms with Gasteiger partial charge >= 0.3 is 5.97 Å². The number of aliphatic carboxylic acids is 1. The Hall–Kier alpha value is -2.28. The lowest BCUT2D eigenvalue weighted by Gasteiger charge is -2.25. The van der Waals surface area contributed by atoms with Gasteiger partial charge in [0.05, 0.1) is 0 Å². The third-order valence-corrected chi connectivity index (χ3v) is 3.73. The molecule has 1 aliphatic heterocycles. The van der Waals surface area contributed by atoms with Gasteiger partial charge in [0.1, 0.15) is 6.04 Å². The number of carboxylic acid groups (broad SMARTS) is 1. The molecule has 4 nitrogen and oxygen atoms in total. The average molecular weight is 271 g/mol. The second-order valence-electron chi connectivity index (χ2n) is 5.10. The highest BCUT2D eigenvalue weighted by molar-refractivity contribution is 5.85. The SMILES string of the molecule is C#CC1CC(=O)N([C@@H](Cc2ccccc2C)C(=O)O)C1. The van der Waals surface area contributed by atoms with Crippen molar-refractivity contribution in [3.05, 3.63) is 35.4 Å². The largest absolute Gasteiger partial charge is 0.480 e. The second kappa shape index (κ2) is 5.79. The molecule has 1 fully saturated rings. The van der Waals surface area contributed by atoms with Crippen LogP contribution < -0.4 is 0 Å². The number of aryl methyl sites for hydroxylation is 1. The van der Waals surface area contributed by atoms with E-state index in [1.54, 1.807) is 0 Å². The van der Waals surface area contributed by atoms with Crippen molar-refractivity contribution >= 4 is 11.9 Å². The molecule has 104 valence electrons. The lowest BCUT2D eigenvalue weighted by molar-refractivity contribution is -0.148. The molecule has 0 saturated carbocycles. The summed E-state index contributed by atoms with van der Waals surface area (Å²) in [6.45, 7) is 2.27. The van der Waals surface area contributed by atoms with Gasteiger partial charge in [-0.15, -0.1) is 12.3 Å². The lowest BCUT2D eigenvalue weighted by atomic mass is 10.0. The van der Waals surface area contributed by atoms with Crippen molar-refractivity contribution in [1.29, 1.82) is 0 Å². The molecule has 4 heteroatoms. The first kappa shape index (κ1) is 14.1. The maximum Gasteiger partial charge on any atom is 0.326 e. The molecule has 0 aromatic heterocycles. The minimum atomic E-state index is -0.987. The molecule has 2 atom stereocenters. The number of benzene rings is 1. The van der Waals surface area contributed by atoms with Crippen molar-refractivity contribution in [2.24, 2.45) is 5.92 Å². The minimum Gasteiger partial charge on any atom is -0.480 e. The van der Waals surface area contributed by atoms with Crippen LogP contribution in [-0.4, -0.2) is 34.5 Å². The van der Waals surface area contributed by atoms with Crippen LogP contribution in [0.1, 0.15) is 17.5 Å². The first-order chi connectivity index (χ1) is 9.52. The standard InChI is InChI=1S/C16H17NO3/c1-3-12-8-15(18)17(10-12)14(16(19)20)9-13-7-5-4-6-11(13)2/h1,4-7,12,14H,8-10H2,2H3,(H,19,20)/t12?,14-/m0/s1. The summed E-state index contributed by atoms with van der Waals surface area (Å²) < 4.78 is 0. The van der Waals surface area contributed by atoms with Crippen LogP contribution in [0.15, 0.2) is 24.3 Å². The number of nitrogens with zero attached hydrogens (tertiary/aromatic N) is 1. The van der Waals surface area contributed by atoms with Crippen molar-refractivity contribution in [2.75, 3.05) is 6.54 Å². The van der Waals surface area contributed by atoms with Gasteiger partial charge in [0, 0.05) is 25.3 Å². The third kappa shape index (κ3) is 2.83. The van der Waals surface area contributed by atoms with E-state index in [1.807, 2.05) is 31.2 Å². The van der Waals surface area contributed by atoms with Crippen LogP contribution in [0.5, 0.6) is 0 Å². The van der Waals surface area contributed by atoms with E-state index in [9.17, 15) is 14.7 Å². The highest BCUT2D eigenvalue weighted by atomic mass is 16.4. The summed E-state index contributed by atoms with van der Waals surface area (Å²) in [7, 11) is 0. The molecule has 1 saturated heterocycles. The van der Waals surface area contributed by atoms with E-state index in [-0.39, 0.29) is 18.2 Å². The van der Waals surface area contributed by atoms with Gasteiger partial charge in [-0.05, 0) is 18.1 Å². The van der Waals surface area contributed by atoms with E-state index < -0.39 is 12.0 Å². The first-order valence-corrected chi connectivity index (χ1v) is 6.56. The summed E-state index contributed by atoms with van der Waals surface area (Å²) in [6, 6.07) is 6.76. The van der Waals surface area contributed by atoms with Crippen molar-refractivity contribution in [3.63, 3.8) is 0 Å². The van der Waals surface area contributed by atoms with Crippen LogP contribution >= 0.6 is 0 Å². The van der Waals surface area contributed by atoms with Crippen LogP contribution in [0.3, 0.4) is 0 Å². The predicted molar refractivity (Wildman–Crippen MR) is 75.0 cm³/mol. The molecule has 1 aliphatic rings. The van der Waals surface area contributed by atoms with E-state index in [1.165, 1.54) is 4.90 Å². The summed E-state index contributed by atoms with van der Waals surface area (Å²) in [5, 5.41) is 9.42. The molecule has 0 radical (unpaired) electrons. The van der Waals surface area contributed by atoms with Gasteiger partial charge in [-0.25, -0.2) is 4.79 Å². The number of terminal acetylenes is 1. The van der Waals surface area contributed by atoms with Crippen molar-refractivity contribution in [1.82, 2.24) is 4.90 Å². The topological polar surface area (TPSA) is 57.6 Å². The molecule has 2 rings (SSSR count). The molecular formula is C16H17NO3. The molecule has 1 aromatic carbocycles. The first-order valence-electron chi connectivity index (χ1n) is 6.56. The third-order valence-electron chi connectivity index (χ3n) is 3.73. The quantitative estimate of drug-likeness (QED) is 0.844. The van der Waals surface area contributed by atoms with Gasteiger partial charge in [0.15, 0.2) is 0 Å². The highest BCUT2D eigenvalue weighted by Crippen LogP contribution is 2.22. The van der Waals surface area contributed by atoms with E-state index in [4.69, 9.17) is 6.42 Å². The Morgan fingerprint density at radius 3 is 2.80 bits per heavy atom. The van der Waals surface area contributed by atoms with Crippen LogP contribution in [0, 0.1) is 25.2 Å². The van der Waals surface area contributed by atoms with E-state index >= 15 is 0 Å². The Morgan fingerprint density at radius 1 is 1.55 bits per heavy atom. The van der Waals surface area contributed by atoms with Crippen LogP contribution in [0.2, 0.25) is 0 Å². The number of carbonyl (C=O) groups excluding carboxylic acids is 1. The lowest BCUT2D eigenvalue weighted by Crippen LogP contribution is -2.43. The zero-order valence-corrected chi connectivity index (χ0v) is 11.4. The maximum atomic E-state index is 11.9. The Kier molecular flexibility index (Phi) is 4.09. The Morgan fingerprint density at radius 2 is 2.25 bits per heavy atom. The van der Waals surface area contributed by atoms with Crippen molar-refractivity contribution < 1.29 is 14.7 Å². The molecule has 0 spiro atoms. The average Bonchev–Trinajstić information content (AvgIpc) is 2.78. The molecular weight excluding hydrogens is 254 g/mol. The fraction of sp³-hybridized carbons (Fsp3) is 0.375. The molecule has 1 amide bonds. The number of carbonyl (C=O) groups is 2. The van der Waals surface area contributed by atoms with Gasteiger partial charge in [0.2, 0.25) is 5.91 Å². The summed E-state index contributed by atoms with van der Waals surface area (Å²) in [5.74, 6) is 1.20. The van der Waals surface area contributed by atoms with Crippen molar-refractivity contribution in [2.45, 2.75) is 25.8 Å². The Balaban J connectivity index is 2.21. The maximum absolute atomic E-state index is 11.9. The fourth-order valence-electron chi connectivity index (χ4n) is 2.52. The number of amides is 1. The number of hydrogen-bond donors (Lipinski definition) is 1. The van der Waals surface area contributed by atoms with Gasteiger partial charge in [-0.2, -0.15) is 0 Å². The van der Waals surface area contributed by atoms with E-state index in [0.29, 0.717) is 13.0 Å². The number of rotatable bonds is 4. The second-order valence-corrected chi connectivity index (χ2v) is 5.10. The Bertz CT molecular complexity index is 573. The monoisotopic (exact) mass is 271 g/mol. The molecule has 0 aliphatic carbocycles. The van der Waals surface area contributed by atoms with E-state index in [0.717, 1.165) is 11.1 Å². The number of carboxylic acids is 1. The van der Waals surface area contributed by atoms with Crippen LogP contribution in [0.25, 0.3) is 0 Å². The fourth-order valence-corrected chi connectivity index (χ4v) is 2.52. The molecule has 0 bridgehead atoms. The Labute approximate surface area is 118 Å². The zero-order chi connectivity index (χ0) is 14.7. The predicted octanol–water partition coefficient (Wildman–Crippen LogP) is 1.47. The molecule has 1 N–H and O–H groups in total. The van der Waals surface area contributed by atoms with Gasteiger partial charge < -0.3 is 10.0 Å². The van der Waals surface area contributed by atoms with Gasteiger partial charge in [-0.3, -0.25) is 4.79 Å². The smallest absolute Gasteiger partial charge is 0.326 e. The summed E-state index contributed by atoms with van der Waals surface area (Å²) in [4.78, 5) is 24.8. The summed E-state index contributed by atoms with van der Waals surface area (Å²) in [6.07, 6.45) is 5.89. The van der Waals surface area contributed by atoms with Gasteiger partial charge in [-0.1, -0.05) is 24.3 Å². The summed E-state index contributed by atoms with van der Waals surface area (Å²) in [5.41, 5.74) is 1.97. The zero-order valence-electron chi connectivity index (χ0n) is 11.4. The normalized spacial score (nSPS) is 19.7. The van der Waals surface area contributed by atoms with Crippen LogP contribution in [-0.2, 0) is 16.0 Å². The van der Waals surface area contributed by atoms with Crippen molar-refractivity contribution in [3.8, 4) is 12.3 Å². The molecule has 1 unspecified atom stereocenters. The molecule has 20 heavy (non-hydrogen) atoms. The highest BCUT2D eigenvalue weighted by Gasteiger charge is 2.37. The van der Waals surface area contributed by atoms with Crippen LogP contribution in [0.4, 0.5) is 0 Å². The minimum absolute atomic E-state index is 0.172. The molecule has 1 aromatic rings. The van der Waals surface area contributed by atoms with Gasteiger partial charge in [0.25, 0.3) is 0 Å². The van der Waals surface area contributed by atoms with E-state index in [2.05, 4.69) is 5.92 Å².